The minimum atomic E-state index is 0.0657. The summed E-state index contributed by atoms with van der Waals surface area (Å²) in [7, 11) is 0. The molecule has 1 saturated heterocycles. The number of ether oxygens (including phenoxy) is 1. The SMILES string of the molecule is CCNC(=NCC(C(CC)CC)N1CCOCC1)NCCCCn1ccccc1=O. The van der Waals surface area contributed by atoms with E-state index in [0.29, 0.717) is 12.0 Å². The van der Waals surface area contributed by atoms with Gasteiger partial charge in [0.15, 0.2) is 5.96 Å². The second-order valence-electron chi connectivity index (χ2n) is 7.88. The molecule has 1 fully saturated rings. The molecule has 0 aromatic carbocycles. The second-order valence-corrected chi connectivity index (χ2v) is 7.88. The van der Waals surface area contributed by atoms with Gasteiger partial charge in [-0.15, -0.1) is 0 Å². The maximum atomic E-state index is 11.8. The summed E-state index contributed by atoms with van der Waals surface area (Å²) in [6.45, 7) is 13.6. The first-order valence-electron chi connectivity index (χ1n) is 11.7. The summed E-state index contributed by atoms with van der Waals surface area (Å²) in [5, 5.41) is 6.84. The fraction of sp³-hybridized carbons (Fsp3) is 0.739. The summed E-state index contributed by atoms with van der Waals surface area (Å²) in [6, 6.07) is 5.76. The number of hydrogen-bond donors (Lipinski definition) is 2. The van der Waals surface area contributed by atoms with Gasteiger partial charge < -0.3 is 19.9 Å². The highest BCUT2D eigenvalue weighted by Crippen LogP contribution is 2.20. The third-order valence-electron chi connectivity index (χ3n) is 5.91. The van der Waals surface area contributed by atoms with E-state index < -0.39 is 0 Å². The Morgan fingerprint density at radius 1 is 1.13 bits per heavy atom. The molecular formula is C23H41N5O2. The minimum Gasteiger partial charge on any atom is -0.379 e. The Balaban J connectivity index is 1.85. The van der Waals surface area contributed by atoms with Crippen molar-refractivity contribution in [3.8, 4) is 0 Å². The fourth-order valence-corrected chi connectivity index (χ4v) is 4.09. The van der Waals surface area contributed by atoms with Gasteiger partial charge in [0, 0.05) is 51.0 Å². The van der Waals surface area contributed by atoms with Crippen molar-refractivity contribution in [2.24, 2.45) is 10.9 Å². The molecular weight excluding hydrogens is 378 g/mol. The second kappa shape index (κ2) is 14.2. The molecule has 1 aliphatic heterocycles. The van der Waals surface area contributed by atoms with Gasteiger partial charge in [-0.25, -0.2) is 0 Å². The number of morpholine rings is 1. The van der Waals surface area contributed by atoms with Crippen LogP contribution in [0.25, 0.3) is 0 Å². The Kier molecular flexibility index (Phi) is 11.6. The van der Waals surface area contributed by atoms with Gasteiger partial charge in [0.25, 0.3) is 0 Å². The van der Waals surface area contributed by atoms with E-state index in [1.54, 1.807) is 16.7 Å². The number of nitrogens with zero attached hydrogens (tertiary/aromatic N) is 3. The van der Waals surface area contributed by atoms with Crippen molar-refractivity contribution < 1.29 is 4.74 Å². The van der Waals surface area contributed by atoms with Crippen molar-refractivity contribution in [2.75, 3.05) is 45.9 Å². The van der Waals surface area contributed by atoms with E-state index in [1.807, 2.05) is 12.3 Å². The highest BCUT2D eigenvalue weighted by atomic mass is 16.5. The van der Waals surface area contributed by atoms with Gasteiger partial charge in [-0.1, -0.05) is 32.8 Å². The first kappa shape index (κ1) is 24.4. The molecule has 1 unspecified atom stereocenters. The van der Waals surface area contributed by atoms with Crippen LogP contribution in [0.2, 0.25) is 0 Å². The molecule has 7 heteroatoms. The van der Waals surface area contributed by atoms with Crippen molar-refractivity contribution in [1.82, 2.24) is 20.1 Å². The molecule has 0 bridgehead atoms. The van der Waals surface area contributed by atoms with Gasteiger partial charge in [-0.3, -0.25) is 14.7 Å². The van der Waals surface area contributed by atoms with Crippen molar-refractivity contribution in [2.45, 2.75) is 59.0 Å². The molecule has 2 rings (SSSR count). The van der Waals surface area contributed by atoms with Crippen molar-refractivity contribution >= 4 is 5.96 Å². The van der Waals surface area contributed by atoms with Crippen molar-refractivity contribution in [1.29, 1.82) is 0 Å². The summed E-state index contributed by atoms with van der Waals surface area (Å²) in [6.07, 6.45) is 6.16. The number of unbranched alkanes of at least 4 members (excludes halogenated alkanes) is 1. The van der Waals surface area contributed by atoms with Crippen LogP contribution < -0.4 is 16.2 Å². The van der Waals surface area contributed by atoms with Crippen LogP contribution in [0, 0.1) is 5.92 Å². The topological polar surface area (TPSA) is 70.9 Å². The van der Waals surface area contributed by atoms with Crippen molar-refractivity contribution in [3.63, 3.8) is 0 Å². The molecule has 2 N–H and O–H groups in total. The van der Waals surface area contributed by atoms with Gasteiger partial charge in [0.05, 0.1) is 19.8 Å². The summed E-state index contributed by atoms with van der Waals surface area (Å²) >= 11 is 0. The van der Waals surface area contributed by atoms with Crippen LogP contribution >= 0.6 is 0 Å². The number of guanidine groups is 1. The van der Waals surface area contributed by atoms with E-state index in [9.17, 15) is 4.79 Å². The molecule has 2 heterocycles. The molecule has 1 aliphatic rings. The van der Waals surface area contributed by atoms with E-state index in [0.717, 1.165) is 71.3 Å². The lowest BCUT2D eigenvalue weighted by Gasteiger charge is -2.38. The van der Waals surface area contributed by atoms with Crippen LogP contribution in [-0.4, -0.2) is 67.4 Å². The van der Waals surface area contributed by atoms with E-state index in [4.69, 9.17) is 9.73 Å². The zero-order chi connectivity index (χ0) is 21.6. The lowest BCUT2D eigenvalue weighted by Crippen LogP contribution is -2.49. The molecule has 170 valence electrons. The van der Waals surface area contributed by atoms with Crippen LogP contribution in [0.3, 0.4) is 0 Å². The van der Waals surface area contributed by atoms with Gasteiger partial charge >= 0.3 is 0 Å². The number of aliphatic imine (C=N–C) groups is 1. The summed E-state index contributed by atoms with van der Waals surface area (Å²) < 4.78 is 7.32. The molecule has 1 aromatic rings. The lowest BCUT2D eigenvalue weighted by molar-refractivity contribution is 0.00395. The quantitative estimate of drug-likeness (QED) is 0.309. The molecule has 0 saturated carbocycles. The molecule has 30 heavy (non-hydrogen) atoms. The summed E-state index contributed by atoms with van der Waals surface area (Å²) in [5.74, 6) is 1.54. The molecule has 1 atom stereocenters. The number of hydrogen-bond acceptors (Lipinski definition) is 4. The number of nitrogens with one attached hydrogen (secondary N) is 2. The van der Waals surface area contributed by atoms with Crippen LogP contribution in [0.1, 0.15) is 46.5 Å². The number of aryl methyl sites for hydroxylation is 1. The van der Waals surface area contributed by atoms with Crippen molar-refractivity contribution in [3.05, 3.63) is 34.7 Å². The van der Waals surface area contributed by atoms with E-state index in [-0.39, 0.29) is 5.56 Å². The highest BCUT2D eigenvalue weighted by molar-refractivity contribution is 5.79. The Morgan fingerprint density at radius 3 is 2.57 bits per heavy atom. The third-order valence-corrected chi connectivity index (χ3v) is 5.91. The molecule has 7 nitrogen and oxygen atoms in total. The summed E-state index contributed by atoms with van der Waals surface area (Å²) in [5.41, 5.74) is 0.0657. The molecule has 0 spiro atoms. The molecule has 0 aliphatic carbocycles. The predicted molar refractivity (Wildman–Crippen MR) is 124 cm³/mol. The maximum absolute atomic E-state index is 11.8. The van der Waals surface area contributed by atoms with Gasteiger partial charge in [-0.05, 0) is 31.7 Å². The molecule has 0 amide bonds. The highest BCUT2D eigenvalue weighted by Gasteiger charge is 2.26. The van der Waals surface area contributed by atoms with Crippen LogP contribution in [0.15, 0.2) is 34.2 Å². The maximum Gasteiger partial charge on any atom is 0.250 e. The number of pyridine rings is 1. The Bertz CT molecular complexity index is 666. The number of aromatic nitrogens is 1. The van der Waals surface area contributed by atoms with Gasteiger partial charge in [0.1, 0.15) is 0 Å². The van der Waals surface area contributed by atoms with Gasteiger partial charge in [-0.2, -0.15) is 0 Å². The molecule has 1 aromatic heterocycles. The third kappa shape index (κ3) is 8.11. The van der Waals surface area contributed by atoms with E-state index >= 15 is 0 Å². The Morgan fingerprint density at radius 2 is 1.90 bits per heavy atom. The normalized spacial score (nSPS) is 16.6. The Labute approximate surface area is 181 Å². The largest absolute Gasteiger partial charge is 0.379 e. The smallest absolute Gasteiger partial charge is 0.250 e. The first-order chi connectivity index (χ1) is 14.7. The average Bonchev–Trinajstić information content (AvgIpc) is 2.78. The Hall–Kier alpha value is -1.86. The predicted octanol–water partition coefficient (Wildman–Crippen LogP) is 2.32. The standard InChI is InChI=1S/C23H41N5O2/c1-4-20(5-2)21(27-15-17-30-18-16-27)19-26-23(24-6-3)25-12-8-10-14-28-13-9-7-11-22(28)29/h7,9,11,13,20-21H,4-6,8,10,12,14-19H2,1-3H3,(H2,24,25,26). The van der Waals surface area contributed by atoms with Crippen LogP contribution in [-0.2, 0) is 11.3 Å². The fourth-order valence-electron chi connectivity index (χ4n) is 4.09. The average molecular weight is 420 g/mol. The van der Waals surface area contributed by atoms with E-state index in [1.165, 1.54) is 12.8 Å². The monoisotopic (exact) mass is 419 g/mol. The van der Waals surface area contributed by atoms with Crippen LogP contribution in [0.5, 0.6) is 0 Å². The lowest BCUT2D eigenvalue weighted by atomic mass is 9.92. The zero-order valence-electron chi connectivity index (χ0n) is 19.1. The zero-order valence-corrected chi connectivity index (χ0v) is 19.1. The number of rotatable bonds is 12. The van der Waals surface area contributed by atoms with Gasteiger partial charge in [0.2, 0.25) is 5.56 Å². The minimum absolute atomic E-state index is 0.0657. The van der Waals surface area contributed by atoms with E-state index in [2.05, 4.69) is 36.3 Å². The van der Waals surface area contributed by atoms with Crippen LogP contribution in [0.4, 0.5) is 0 Å². The summed E-state index contributed by atoms with van der Waals surface area (Å²) in [4.78, 5) is 19.3. The first-order valence-corrected chi connectivity index (χ1v) is 11.7. The molecule has 0 radical (unpaired) electrons.